The first kappa shape index (κ1) is 18.2. The van der Waals surface area contributed by atoms with E-state index in [4.69, 9.17) is 0 Å². The van der Waals surface area contributed by atoms with Gasteiger partial charge in [-0.25, -0.2) is 9.29 Å². The Morgan fingerprint density at radius 3 is 2.40 bits per heavy atom. The Morgan fingerprint density at radius 2 is 1.67 bits per heavy atom. The van der Waals surface area contributed by atoms with Crippen molar-refractivity contribution in [1.29, 1.82) is 0 Å². The van der Waals surface area contributed by atoms with Crippen molar-refractivity contribution in [1.82, 2.24) is 5.01 Å². The number of halogens is 1. The molecule has 3 heterocycles. The van der Waals surface area contributed by atoms with Crippen LogP contribution in [0, 0.1) is 17.7 Å². The Bertz CT molecular complexity index is 1080. The number of rotatable bonds is 3. The Balaban J connectivity index is 1.52. The van der Waals surface area contributed by atoms with E-state index in [2.05, 4.69) is 10.4 Å². The van der Waals surface area contributed by atoms with Crippen LogP contribution in [0.4, 0.5) is 15.8 Å². The van der Waals surface area contributed by atoms with Crippen LogP contribution < -0.4 is 10.2 Å². The Morgan fingerprint density at radius 1 is 0.967 bits per heavy atom. The zero-order valence-corrected chi connectivity index (χ0v) is 15.7. The number of para-hydroxylation sites is 1. The molecule has 1 N–H and O–H groups in total. The van der Waals surface area contributed by atoms with Crippen LogP contribution in [-0.2, 0) is 14.4 Å². The van der Waals surface area contributed by atoms with Gasteiger partial charge < -0.3 is 5.32 Å². The average Bonchev–Trinajstić information content (AvgIpc) is 3.23. The predicted octanol–water partition coefficient (Wildman–Crippen LogP) is 2.18. The molecule has 2 aromatic rings. The molecule has 0 aromatic heterocycles. The molecule has 0 unspecified atom stereocenters. The maximum Gasteiger partial charge on any atom is 0.249 e. The molecular weight excluding hydrogens is 387 g/mol. The number of carbonyl (C=O) groups is 3. The van der Waals surface area contributed by atoms with Crippen molar-refractivity contribution >= 4 is 35.3 Å². The molecule has 0 saturated carbocycles. The first-order valence-electron chi connectivity index (χ1n) is 9.54. The van der Waals surface area contributed by atoms with Crippen molar-refractivity contribution < 1.29 is 18.8 Å². The molecule has 2 saturated heterocycles. The standard InChI is InChI=1S/C22H17FN4O3/c23-13-8-10-15(11-9-13)26-21(29)17-16-7-4-12-24-27(16)19(18(17)22(26)30)20(28)25-14-5-2-1-3-6-14/h1-12,16-19H,(H,25,28)/t16-,17-,18-,19+/m0/s1. The number of hydrazone groups is 1. The molecule has 2 fully saturated rings. The van der Waals surface area contributed by atoms with Gasteiger partial charge in [0.25, 0.3) is 0 Å². The van der Waals surface area contributed by atoms with E-state index >= 15 is 0 Å². The highest BCUT2D eigenvalue weighted by atomic mass is 19.1. The van der Waals surface area contributed by atoms with Gasteiger partial charge in [-0.05, 0) is 42.5 Å². The third-order valence-corrected chi connectivity index (χ3v) is 5.69. The van der Waals surface area contributed by atoms with Crippen molar-refractivity contribution in [2.24, 2.45) is 16.9 Å². The van der Waals surface area contributed by atoms with E-state index in [1.165, 1.54) is 35.5 Å². The van der Waals surface area contributed by atoms with Crippen LogP contribution in [0.25, 0.3) is 0 Å². The van der Waals surface area contributed by atoms with E-state index in [9.17, 15) is 18.8 Å². The SMILES string of the molecule is O=C(Nc1ccccc1)[C@H]1[C@H]2C(=O)N(c3ccc(F)cc3)C(=O)[C@H]2[C@@H]2C=CC=NN21. The van der Waals surface area contributed by atoms with E-state index in [1.54, 1.807) is 36.4 Å². The second-order valence-corrected chi connectivity index (χ2v) is 7.36. The third kappa shape index (κ3) is 2.72. The second kappa shape index (κ2) is 6.91. The quantitative estimate of drug-likeness (QED) is 0.795. The number of nitrogens with one attached hydrogen (secondary N) is 1. The summed E-state index contributed by atoms with van der Waals surface area (Å²) < 4.78 is 13.3. The number of carbonyl (C=O) groups excluding carboxylic acids is 3. The van der Waals surface area contributed by atoms with Crippen LogP contribution in [0.15, 0.2) is 71.9 Å². The molecule has 3 amide bonds. The smallest absolute Gasteiger partial charge is 0.249 e. The largest absolute Gasteiger partial charge is 0.324 e. The summed E-state index contributed by atoms with van der Waals surface area (Å²) in [5.74, 6) is -3.41. The number of nitrogens with zero attached hydrogens (tertiary/aromatic N) is 3. The molecular formula is C22H17FN4O3. The van der Waals surface area contributed by atoms with E-state index in [0.29, 0.717) is 5.69 Å². The minimum Gasteiger partial charge on any atom is -0.324 e. The zero-order valence-electron chi connectivity index (χ0n) is 15.7. The lowest BCUT2D eigenvalue weighted by atomic mass is 9.88. The predicted molar refractivity (Wildman–Crippen MR) is 108 cm³/mol. The monoisotopic (exact) mass is 404 g/mol. The maximum absolute atomic E-state index is 13.3. The molecule has 7 nitrogen and oxygen atoms in total. The van der Waals surface area contributed by atoms with Gasteiger partial charge in [-0.15, -0.1) is 0 Å². The number of hydrogen-bond acceptors (Lipinski definition) is 5. The lowest BCUT2D eigenvalue weighted by Gasteiger charge is -2.30. The molecule has 30 heavy (non-hydrogen) atoms. The summed E-state index contributed by atoms with van der Waals surface area (Å²) in [6.07, 6.45) is 5.01. The molecule has 3 aliphatic heterocycles. The summed E-state index contributed by atoms with van der Waals surface area (Å²) in [5, 5.41) is 8.63. The summed E-state index contributed by atoms with van der Waals surface area (Å²) in [7, 11) is 0. The maximum atomic E-state index is 13.3. The molecule has 0 bridgehead atoms. The van der Waals surface area contributed by atoms with Crippen LogP contribution in [0.2, 0.25) is 0 Å². The molecule has 8 heteroatoms. The van der Waals surface area contributed by atoms with Crippen LogP contribution in [0.3, 0.4) is 0 Å². The highest BCUT2D eigenvalue weighted by Crippen LogP contribution is 2.45. The molecule has 3 aliphatic rings. The van der Waals surface area contributed by atoms with E-state index < -0.39 is 47.5 Å². The summed E-state index contributed by atoms with van der Waals surface area (Å²) in [5.41, 5.74) is 0.879. The molecule has 0 spiro atoms. The van der Waals surface area contributed by atoms with Crippen molar-refractivity contribution in [2.75, 3.05) is 10.2 Å². The summed E-state index contributed by atoms with van der Waals surface area (Å²) in [4.78, 5) is 40.8. The van der Waals surface area contributed by atoms with Gasteiger partial charge in [0.15, 0.2) is 0 Å². The minimum atomic E-state index is -0.941. The van der Waals surface area contributed by atoms with Crippen LogP contribution >= 0.6 is 0 Å². The number of hydrogen-bond donors (Lipinski definition) is 1. The molecule has 5 rings (SSSR count). The van der Waals surface area contributed by atoms with Gasteiger partial charge in [0.1, 0.15) is 11.9 Å². The Hall–Kier alpha value is -3.81. The van der Waals surface area contributed by atoms with Gasteiger partial charge in [-0.3, -0.25) is 19.4 Å². The molecule has 4 atom stereocenters. The van der Waals surface area contributed by atoms with E-state index in [0.717, 1.165) is 4.90 Å². The van der Waals surface area contributed by atoms with Crippen molar-refractivity contribution in [3.05, 3.63) is 72.6 Å². The highest BCUT2D eigenvalue weighted by Gasteiger charge is 2.64. The van der Waals surface area contributed by atoms with Crippen LogP contribution in [0.5, 0.6) is 0 Å². The topological polar surface area (TPSA) is 82.1 Å². The van der Waals surface area contributed by atoms with Crippen molar-refractivity contribution in [2.45, 2.75) is 12.1 Å². The van der Waals surface area contributed by atoms with Crippen LogP contribution in [0.1, 0.15) is 0 Å². The summed E-state index contributed by atoms with van der Waals surface area (Å²) in [6.45, 7) is 0. The summed E-state index contributed by atoms with van der Waals surface area (Å²) >= 11 is 0. The fourth-order valence-corrected chi connectivity index (χ4v) is 4.42. The van der Waals surface area contributed by atoms with Crippen molar-refractivity contribution in [3.8, 4) is 0 Å². The van der Waals surface area contributed by atoms with E-state index in [1.807, 2.05) is 6.07 Å². The lowest BCUT2D eigenvalue weighted by molar-refractivity contribution is -0.129. The van der Waals surface area contributed by atoms with Gasteiger partial charge >= 0.3 is 0 Å². The van der Waals surface area contributed by atoms with E-state index in [-0.39, 0.29) is 5.69 Å². The number of anilines is 2. The fourth-order valence-electron chi connectivity index (χ4n) is 4.42. The van der Waals surface area contributed by atoms with Gasteiger partial charge in [0.05, 0.1) is 23.6 Å². The van der Waals surface area contributed by atoms with Crippen molar-refractivity contribution in [3.63, 3.8) is 0 Å². The van der Waals surface area contributed by atoms with Gasteiger partial charge in [-0.2, -0.15) is 5.10 Å². The first-order valence-corrected chi connectivity index (χ1v) is 9.54. The molecule has 0 aliphatic carbocycles. The summed E-state index contributed by atoms with van der Waals surface area (Å²) in [6, 6.07) is 12.6. The third-order valence-electron chi connectivity index (χ3n) is 5.69. The highest BCUT2D eigenvalue weighted by molar-refractivity contribution is 6.24. The number of imide groups is 1. The van der Waals surface area contributed by atoms with Gasteiger partial charge in [0, 0.05) is 11.9 Å². The van der Waals surface area contributed by atoms with Gasteiger partial charge in [0.2, 0.25) is 17.7 Å². The average molecular weight is 404 g/mol. The zero-order chi connectivity index (χ0) is 20.8. The fraction of sp³-hybridized carbons (Fsp3) is 0.182. The normalized spacial score (nSPS) is 26.7. The number of amides is 3. The number of fused-ring (bicyclic) bond motifs is 3. The first-order chi connectivity index (χ1) is 14.6. The molecule has 0 radical (unpaired) electrons. The Kier molecular flexibility index (Phi) is 4.20. The molecule has 150 valence electrons. The lowest BCUT2D eigenvalue weighted by Crippen LogP contribution is -2.47. The van der Waals surface area contributed by atoms with Gasteiger partial charge in [-0.1, -0.05) is 24.3 Å². The Labute approximate surface area is 171 Å². The number of benzene rings is 2. The second-order valence-electron chi connectivity index (χ2n) is 7.36. The molecule has 2 aromatic carbocycles. The number of allylic oxidation sites excluding steroid dienone is 1. The van der Waals surface area contributed by atoms with Crippen LogP contribution in [-0.4, -0.2) is 41.0 Å². The minimum absolute atomic E-state index is 0.290.